The van der Waals surface area contributed by atoms with Gasteiger partial charge < -0.3 is 10.2 Å². The molecule has 5 heteroatoms. The third kappa shape index (κ3) is 2.29. The van der Waals surface area contributed by atoms with Gasteiger partial charge in [0.05, 0.1) is 13.2 Å². The Labute approximate surface area is 81.1 Å². The molecule has 0 heterocycles. The third-order valence-corrected chi connectivity index (χ3v) is 1.83. The molecule has 0 radical (unpaired) electrons. The Kier molecular flexibility index (Phi) is 3.58. The van der Waals surface area contributed by atoms with Gasteiger partial charge >= 0.3 is 0 Å². The van der Waals surface area contributed by atoms with Gasteiger partial charge in [0, 0.05) is 11.1 Å². The van der Waals surface area contributed by atoms with Crippen LogP contribution in [0.5, 0.6) is 5.75 Å². The number of aliphatic hydroxyl groups is 1. The smallest absolute Gasteiger partial charge is 0.178 e. The largest absolute Gasteiger partial charge is 0.508 e. The number of phenols is 1. The summed E-state index contributed by atoms with van der Waals surface area (Å²) in [6.07, 6.45) is 0. The van der Waals surface area contributed by atoms with Crippen LogP contribution in [0, 0.1) is 0 Å². The molecule has 0 aliphatic rings. The van der Waals surface area contributed by atoms with Crippen LogP contribution in [-0.4, -0.2) is 22.5 Å². The molecule has 1 aromatic rings. The number of Topliss-reactive ketones (excluding diaryl/α,β-unsaturated/α-hetero) is 1. The standard InChI is InChI=1S/C9H12N2O3/c10-11-4-9(14)6-1-2-8(13)7(3-6)5-12/h1-3,11-13H,4-5,10H2. The van der Waals surface area contributed by atoms with E-state index in [1.807, 2.05) is 0 Å². The maximum absolute atomic E-state index is 11.3. The summed E-state index contributed by atoms with van der Waals surface area (Å²) in [6, 6.07) is 4.29. The maximum Gasteiger partial charge on any atom is 0.178 e. The van der Waals surface area contributed by atoms with Crippen LogP contribution in [0.3, 0.4) is 0 Å². The van der Waals surface area contributed by atoms with Gasteiger partial charge in [0.15, 0.2) is 5.78 Å². The molecule has 0 bridgehead atoms. The Bertz CT molecular complexity index is 339. The molecule has 0 aromatic heterocycles. The van der Waals surface area contributed by atoms with Crippen molar-refractivity contribution in [2.75, 3.05) is 6.54 Å². The minimum absolute atomic E-state index is 0.0234. The second-order valence-corrected chi connectivity index (χ2v) is 2.81. The van der Waals surface area contributed by atoms with Gasteiger partial charge in [-0.05, 0) is 18.2 Å². The summed E-state index contributed by atoms with van der Waals surface area (Å²) < 4.78 is 0. The minimum atomic E-state index is -0.303. The summed E-state index contributed by atoms with van der Waals surface area (Å²) in [5.74, 6) is 4.78. The Balaban J connectivity index is 2.94. The van der Waals surface area contributed by atoms with Gasteiger partial charge in [0.2, 0.25) is 0 Å². The molecule has 0 atom stereocenters. The van der Waals surface area contributed by atoms with Crippen molar-refractivity contribution in [2.24, 2.45) is 5.84 Å². The topological polar surface area (TPSA) is 95.6 Å². The Morgan fingerprint density at radius 3 is 2.79 bits per heavy atom. The van der Waals surface area contributed by atoms with Crippen LogP contribution in [0.1, 0.15) is 15.9 Å². The van der Waals surface area contributed by atoms with Crippen LogP contribution in [0.15, 0.2) is 18.2 Å². The lowest BCUT2D eigenvalue weighted by atomic mass is 10.1. The third-order valence-electron chi connectivity index (χ3n) is 1.83. The molecule has 76 valence electrons. The van der Waals surface area contributed by atoms with Crippen LogP contribution in [0.4, 0.5) is 0 Å². The number of carbonyl (C=O) groups excluding carboxylic acids is 1. The van der Waals surface area contributed by atoms with Crippen LogP contribution in [0.25, 0.3) is 0 Å². The number of carbonyl (C=O) groups is 1. The van der Waals surface area contributed by atoms with Crippen molar-refractivity contribution in [2.45, 2.75) is 6.61 Å². The van der Waals surface area contributed by atoms with E-state index in [1.54, 1.807) is 0 Å². The first kappa shape index (κ1) is 10.6. The Hall–Kier alpha value is -1.43. The molecular weight excluding hydrogens is 184 g/mol. The van der Waals surface area contributed by atoms with E-state index in [2.05, 4.69) is 5.43 Å². The van der Waals surface area contributed by atoms with Crippen LogP contribution in [-0.2, 0) is 6.61 Å². The molecule has 0 saturated heterocycles. The summed E-state index contributed by atoms with van der Waals surface area (Å²) in [4.78, 5) is 11.3. The van der Waals surface area contributed by atoms with Crippen molar-refractivity contribution in [1.29, 1.82) is 0 Å². The van der Waals surface area contributed by atoms with E-state index in [0.717, 1.165) is 0 Å². The summed E-state index contributed by atoms with van der Waals surface area (Å²) in [5.41, 5.74) is 2.98. The molecule has 5 nitrogen and oxygen atoms in total. The quantitative estimate of drug-likeness (QED) is 0.296. The van der Waals surface area contributed by atoms with Gasteiger partial charge in [0.25, 0.3) is 0 Å². The first-order valence-electron chi connectivity index (χ1n) is 4.08. The highest BCUT2D eigenvalue weighted by molar-refractivity contribution is 5.97. The number of hydrazine groups is 1. The van der Waals surface area contributed by atoms with Crippen molar-refractivity contribution in [3.05, 3.63) is 29.3 Å². The Morgan fingerprint density at radius 2 is 2.21 bits per heavy atom. The lowest BCUT2D eigenvalue weighted by Crippen LogP contribution is -2.29. The molecule has 14 heavy (non-hydrogen) atoms. The number of nitrogens with one attached hydrogen (secondary N) is 1. The number of rotatable bonds is 4. The summed E-state index contributed by atoms with van der Waals surface area (Å²) in [6.45, 7) is -0.279. The molecule has 0 saturated carbocycles. The summed E-state index contributed by atoms with van der Waals surface area (Å²) in [7, 11) is 0. The molecule has 0 aliphatic carbocycles. The van der Waals surface area contributed by atoms with E-state index in [0.29, 0.717) is 11.1 Å². The van der Waals surface area contributed by atoms with Crippen LogP contribution >= 0.6 is 0 Å². The molecular formula is C9H12N2O3. The molecule has 0 spiro atoms. The van der Waals surface area contributed by atoms with Gasteiger partial charge in [-0.15, -0.1) is 0 Å². The number of benzene rings is 1. The number of hydrogen-bond donors (Lipinski definition) is 4. The van der Waals surface area contributed by atoms with Crippen molar-refractivity contribution in [1.82, 2.24) is 5.43 Å². The maximum atomic E-state index is 11.3. The molecule has 0 unspecified atom stereocenters. The molecule has 5 N–H and O–H groups in total. The lowest BCUT2D eigenvalue weighted by molar-refractivity contribution is 0.0991. The average molecular weight is 196 g/mol. The highest BCUT2D eigenvalue weighted by Crippen LogP contribution is 2.18. The highest BCUT2D eigenvalue weighted by Gasteiger charge is 2.07. The van der Waals surface area contributed by atoms with Crippen LogP contribution in [0.2, 0.25) is 0 Å². The monoisotopic (exact) mass is 196 g/mol. The highest BCUT2D eigenvalue weighted by atomic mass is 16.3. The lowest BCUT2D eigenvalue weighted by Gasteiger charge is -2.04. The molecule has 1 rings (SSSR count). The number of aromatic hydroxyl groups is 1. The van der Waals surface area contributed by atoms with Crippen molar-refractivity contribution in [3.63, 3.8) is 0 Å². The number of hydrogen-bond acceptors (Lipinski definition) is 5. The van der Waals surface area contributed by atoms with E-state index in [4.69, 9.17) is 10.9 Å². The zero-order valence-electron chi connectivity index (χ0n) is 7.53. The minimum Gasteiger partial charge on any atom is -0.508 e. The number of nitrogens with two attached hydrogens (primary N) is 1. The second kappa shape index (κ2) is 4.71. The van der Waals surface area contributed by atoms with E-state index in [9.17, 15) is 9.90 Å². The predicted molar refractivity (Wildman–Crippen MR) is 50.6 cm³/mol. The van der Waals surface area contributed by atoms with E-state index >= 15 is 0 Å². The summed E-state index contributed by atoms with van der Waals surface area (Å²) >= 11 is 0. The second-order valence-electron chi connectivity index (χ2n) is 2.81. The van der Waals surface area contributed by atoms with Gasteiger partial charge in [-0.1, -0.05) is 0 Å². The van der Waals surface area contributed by atoms with E-state index in [1.165, 1.54) is 18.2 Å². The van der Waals surface area contributed by atoms with Crippen molar-refractivity contribution < 1.29 is 15.0 Å². The molecule has 0 aliphatic heterocycles. The fraction of sp³-hybridized carbons (Fsp3) is 0.222. The first-order valence-corrected chi connectivity index (χ1v) is 4.08. The van der Waals surface area contributed by atoms with Crippen molar-refractivity contribution in [3.8, 4) is 5.75 Å². The number of aliphatic hydroxyl groups excluding tert-OH is 1. The van der Waals surface area contributed by atoms with Crippen LogP contribution < -0.4 is 11.3 Å². The van der Waals surface area contributed by atoms with E-state index in [-0.39, 0.29) is 24.7 Å². The SMILES string of the molecule is NNCC(=O)c1ccc(O)c(CO)c1. The zero-order valence-corrected chi connectivity index (χ0v) is 7.53. The number of ketones is 1. The van der Waals surface area contributed by atoms with Gasteiger partial charge in [0.1, 0.15) is 5.75 Å². The fourth-order valence-corrected chi connectivity index (χ4v) is 1.08. The first-order chi connectivity index (χ1) is 6.69. The van der Waals surface area contributed by atoms with E-state index < -0.39 is 0 Å². The van der Waals surface area contributed by atoms with Gasteiger partial charge in [-0.3, -0.25) is 16.1 Å². The average Bonchev–Trinajstić information content (AvgIpc) is 2.19. The summed E-state index contributed by atoms with van der Waals surface area (Å²) in [5, 5.41) is 18.1. The van der Waals surface area contributed by atoms with Gasteiger partial charge in [-0.25, -0.2) is 0 Å². The van der Waals surface area contributed by atoms with Crippen molar-refractivity contribution >= 4 is 5.78 Å². The molecule has 1 aromatic carbocycles. The Morgan fingerprint density at radius 1 is 1.50 bits per heavy atom. The predicted octanol–water partition coefficient (Wildman–Crippen LogP) is -0.470. The molecule has 0 amide bonds. The molecule has 0 fully saturated rings. The normalized spacial score (nSPS) is 10.1. The van der Waals surface area contributed by atoms with Gasteiger partial charge in [-0.2, -0.15) is 0 Å². The zero-order chi connectivity index (χ0) is 10.6. The fourth-order valence-electron chi connectivity index (χ4n) is 1.08.